The van der Waals surface area contributed by atoms with Crippen molar-refractivity contribution in [3.8, 4) is 0 Å². The molecule has 0 heterocycles. The number of hydrogen-bond donors (Lipinski definition) is 1. The second-order valence-corrected chi connectivity index (χ2v) is 15.0. The molecule has 0 aliphatic carbocycles. The Labute approximate surface area is 379 Å². The van der Waals surface area contributed by atoms with Crippen LogP contribution in [-0.2, 0) is 40.5 Å². The molecular formula is C26H15N5Na4O12S4. The molecule has 5 rings (SSSR count). The normalized spacial score (nSPS) is 12.2. The van der Waals surface area contributed by atoms with Crippen molar-refractivity contribution in [2.75, 3.05) is 5.73 Å². The fourth-order valence-corrected chi connectivity index (χ4v) is 6.76. The molecule has 0 saturated carbocycles. The van der Waals surface area contributed by atoms with Gasteiger partial charge in [0.25, 0.3) is 0 Å². The van der Waals surface area contributed by atoms with Gasteiger partial charge in [0.2, 0.25) is 0 Å². The van der Waals surface area contributed by atoms with Crippen LogP contribution in [0.5, 0.6) is 0 Å². The van der Waals surface area contributed by atoms with E-state index in [1.54, 1.807) is 0 Å². The summed E-state index contributed by atoms with van der Waals surface area (Å²) in [7, 11) is -20.3. The van der Waals surface area contributed by atoms with Crippen molar-refractivity contribution < 1.29 is 170 Å². The van der Waals surface area contributed by atoms with Gasteiger partial charge in [0.15, 0.2) is 0 Å². The second kappa shape index (κ2) is 18.3. The molecule has 0 bridgehead atoms. The summed E-state index contributed by atoms with van der Waals surface area (Å²) < 4.78 is 140. The van der Waals surface area contributed by atoms with Crippen molar-refractivity contribution in [3.05, 3.63) is 78.9 Å². The summed E-state index contributed by atoms with van der Waals surface area (Å²) in [6.45, 7) is 0. The summed E-state index contributed by atoms with van der Waals surface area (Å²) in [6, 6.07) is 13.7. The molecule has 0 saturated heterocycles. The number of nitrogen functional groups attached to an aromatic ring is 1. The Bertz CT molecular complexity index is 2660. The standard InChI is InChI=1S/C26H19N5O12S4.4Na/c27-19-7-8-21(17-2-1-3-25(26(17)19)47(41,42)43)29-28-20-9-10-22(18-12-14(44(32,33)34)4-6-16(18)20)30-31-23-13-15(45(35,36)37)5-11-24(23)46(38,39)40;;;;/h1-13H,27H2,(H,32,33,34)(H,35,36,37)(H,38,39,40)(H,41,42,43);;;;/q;4*+1/p-4. The first-order valence-electron chi connectivity index (χ1n) is 12.4. The predicted octanol–water partition coefficient (Wildman–Crippen LogP) is -7.96. The van der Waals surface area contributed by atoms with Crippen LogP contribution in [-0.4, -0.2) is 51.9 Å². The van der Waals surface area contributed by atoms with Crippen LogP contribution in [0.2, 0.25) is 0 Å². The first-order valence-corrected chi connectivity index (χ1v) is 18.1. The van der Waals surface area contributed by atoms with Gasteiger partial charge in [-0.3, -0.25) is 0 Å². The van der Waals surface area contributed by atoms with E-state index in [0.29, 0.717) is 18.2 Å². The van der Waals surface area contributed by atoms with Gasteiger partial charge in [-0.05, 0) is 60.7 Å². The zero-order chi connectivity index (χ0) is 34.5. The van der Waals surface area contributed by atoms with Gasteiger partial charge in [-0.15, -0.1) is 20.5 Å². The molecule has 5 aromatic carbocycles. The van der Waals surface area contributed by atoms with Crippen LogP contribution in [0.15, 0.2) is 119 Å². The fourth-order valence-electron chi connectivity index (χ4n) is 4.46. The number of nitrogens with zero attached hydrogens (tertiary/aromatic N) is 4. The largest absolute Gasteiger partial charge is 1.00 e. The van der Waals surface area contributed by atoms with Crippen molar-refractivity contribution in [2.24, 2.45) is 20.5 Å². The maximum atomic E-state index is 11.8. The first-order chi connectivity index (χ1) is 21.7. The van der Waals surface area contributed by atoms with Crippen molar-refractivity contribution in [3.63, 3.8) is 0 Å². The van der Waals surface area contributed by atoms with Crippen LogP contribution >= 0.6 is 0 Å². The number of anilines is 1. The molecule has 0 radical (unpaired) electrons. The van der Waals surface area contributed by atoms with E-state index in [1.807, 2.05) is 0 Å². The molecule has 0 fully saturated rings. The molecule has 0 aliphatic rings. The van der Waals surface area contributed by atoms with E-state index >= 15 is 0 Å². The van der Waals surface area contributed by atoms with E-state index in [-0.39, 0.29) is 163 Å². The van der Waals surface area contributed by atoms with E-state index in [9.17, 15) is 51.9 Å². The van der Waals surface area contributed by atoms with Gasteiger partial charge in [-0.1, -0.05) is 18.2 Å². The molecule has 0 unspecified atom stereocenters. The van der Waals surface area contributed by atoms with Gasteiger partial charge in [0, 0.05) is 27.2 Å². The molecule has 0 amide bonds. The third-order valence-corrected chi connectivity index (χ3v) is 9.96. The van der Waals surface area contributed by atoms with E-state index < -0.39 is 65.7 Å². The maximum absolute atomic E-state index is 11.8. The minimum Gasteiger partial charge on any atom is -0.744 e. The number of hydrogen-bond acceptors (Lipinski definition) is 17. The van der Waals surface area contributed by atoms with Gasteiger partial charge in [-0.25, -0.2) is 33.7 Å². The van der Waals surface area contributed by atoms with E-state index in [2.05, 4.69) is 20.5 Å². The van der Waals surface area contributed by atoms with Gasteiger partial charge < -0.3 is 23.9 Å². The Hall–Kier alpha value is -0.740. The van der Waals surface area contributed by atoms with Crippen LogP contribution in [0.1, 0.15) is 0 Å². The summed E-state index contributed by atoms with van der Waals surface area (Å²) in [4.78, 5) is -3.24. The summed E-state index contributed by atoms with van der Waals surface area (Å²) >= 11 is 0. The Kier molecular flexibility index (Phi) is 17.3. The third kappa shape index (κ3) is 11.2. The Balaban J connectivity index is 0.00000325. The predicted molar refractivity (Wildman–Crippen MR) is 159 cm³/mol. The summed E-state index contributed by atoms with van der Waals surface area (Å²) in [5.74, 6) is 0. The topological polar surface area (TPSA) is 304 Å². The van der Waals surface area contributed by atoms with Crippen molar-refractivity contribution in [2.45, 2.75) is 19.6 Å². The first kappa shape index (κ1) is 48.3. The molecule has 0 aromatic heterocycles. The Morgan fingerprint density at radius 3 is 1.41 bits per heavy atom. The van der Waals surface area contributed by atoms with Gasteiger partial charge in [0.05, 0.1) is 36.6 Å². The van der Waals surface area contributed by atoms with Crippen LogP contribution in [0.3, 0.4) is 0 Å². The minimum absolute atomic E-state index is 0. The van der Waals surface area contributed by atoms with Crippen molar-refractivity contribution in [1.82, 2.24) is 0 Å². The van der Waals surface area contributed by atoms with Crippen molar-refractivity contribution in [1.29, 1.82) is 0 Å². The molecule has 25 heteroatoms. The van der Waals surface area contributed by atoms with Gasteiger partial charge in [-0.2, -0.15) is 0 Å². The molecule has 17 nitrogen and oxygen atoms in total. The number of fused-ring (bicyclic) bond motifs is 2. The number of benzene rings is 5. The fraction of sp³-hybridized carbons (Fsp3) is 0. The summed E-state index contributed by atoms with van der Waals surface area (Å²) in [6.07, 6.45) is 0. The summed E-state index contributed by atoms with van der Waals surface area (Å²) in [5.41, 5.74) is 4.98. The van der Waals surface area contributed by atoms with Gasteiger partial charge in [0.1, 0.15) is 46.2 Å². The van der Waals surface area contributed by atoms with Crippen LogP contribution < -0.4 is 124 Å². The minimum atomic E-state index is -5.25. The summed E-state index contributed by atoms with van der Waals surface area (Å²) in [5, 5.41) is 15.8. The van der Waals surface area contributed by atoms with Gasteiger partial charge >= 0.3 is 118 Å². The molecule has 244 valence electrons. The number of azo groups is 2. The van der Waals surface area contributed by atoms with E-state index in [1.165, 1.54) is 42.5 Å². The molecule has 2 N–H and O–H groups in total. The average Bonchev–Trinajstić information content (AvgIpc) is 2.97. The zero-order valence-electron chi connectivity index (χ0n) is 26.9. The van der Waals surface area contributed by atoms with Crippen LogP contribution in [0.25, 0.3) is 21.5 Å². The molecular weight excluding hydrogens is 795 g/mol. The monoisotopic (exact) mass is 809 g/mol. The molecule has 5 aromatic rings. The Morgan fingerprint density at radius 1 is 0.431 bits per heavy atom. The molecule has 0 atom stereocenters. The molecule has 0 spiro atoms. The van der Waals surface area contributed by atoms with Crippen LogP contribution in [0, 0.1) is 0 Å². The number of nitrogens with two attached hydrogens (primary N) is 1. The molecule has 0 aliphatic heterocycles. The number of rotatable bonds is 8. The quantitative estimate of drug-likeness (QED) is 0.0660. The maximum Gasteiger partial charge on any atom is 1.00 e. The average molecular weight is 810 g/mol. The third-order valence-electron chi connectivity index (χ3n) is 6.53. The van der Waals surface area contributed by atoms with Crippen molar-refractivity contribution >= 4 is 90.5 Å². The zero-order valence-corrected chi connectivity index (χ0v) is 38.2. The van der Waals surface area contributed by atoms with E-state index in [4.69, 9.17) is 5.73 Å². The smallest absolute Gasteiger partial charge is 0.744 e. The SMILES string of the molecule is Nc1ccc(N=Nc2ccc(N=Nc3cc(S(=O)(=O)[O-])ccc3S(=O)(=O)[O-])c3cc(S(=O)(=O)[O-])ccc23)c2cccc(S(=O)(=O)[O-])c12.[Na+].[Na+].[Na+].[Na+]. The second-order valence-electron chi connectivity index (χ2n) is 9.51. The molecule has 51 heavy (non-hydrogen) atoms. The Morgan fingerprint density at radius 2 is 0.882 bits per heavy atom. The van der Waals surface area contributed by atoms with Crippen LogP contribution in [0.4, 0.5) is 28.4 Å². The van der Waals surface area contributed by atoms with E-state index in [0.717, 1.165) is 18.2 Å².